The summed E-state index contributed by atoms with van der Waals surface area (Å²) in [5, 5.41) is 20.1. The number of pyridine rings is 1. The van der Waals surface area contributed by atoms with E-state index in [9.17, 15) is 18.3 Å². The molecule has 4 aromatic heterocycles. The van der Waals surface area contributed by atoms with Crippen molar-refractivity contribution < 1.29 is 27.8 Å². The summed E-state index contributed by atoms with van der Waals surface area (Å²) >= 11 is 0. The van der Waals surface area contributed by atoms with Crippen molar-refractivity contribution in [2.45, 2.75) is 56.8 Å². The first-order valence-corrected chi connectivity index (χ1v) is 16.0. The number of ether oxygens (including phenoxy) is 2. The molecule has 0 aliphatic carbocycles. The highest BCUT2D eigenvalue weighted by atomic mass is 19.3. The Hall–Kier alpha value is -4.01. The molecule has 8 rings (SSSR count). The first-order valence-electron chi connectivity index (χ1n) is 16.0. The van der Waals surface area contributed by atoms with Gasteiger partial charge in [-0.25, -0.2) is 13.2 Å². The van der Waals surface area contributed by atoms with E-state index in [2.05, 4.69) is 15.1 Å². The van der Waals surface area contributed by atoms with Gasteiger partial charge in [0, 0.05) is 54.7 Å². The molecule has 1 aromatic carbocycles. The van der Waals surface area contributed by atoms with E-state index in [0.29, 0.717) is 81.6 Å². The molecule has 0 saturated carbocycles. The number of aromatic nitrogens is 6. The molecular weight excluding hydrogens is 613 g/mol. The monoisotopic (exact) mass is 650 g/mol. The number of aliphatic hydroxyl groups is 1. The summed E-state index contributed by atoms with van der Waals surface area (Å²) in [6.07, 6.45) is 1.73. The summed E-state index contributed by atoms with van der Waals surface area (Å²) < 4.78 is 57.9. The van der Waals surface area contributed by atoms with E-state index >= 15 is 0 Å². The molecule has 0 amide bonds. The largest absolute Gasteiger partial charge is 0.461 e. The fourth-order valence-corrected chi connectivity index (χ4v) is 8.09. The van der Waals surface area contributed by atoms with E-state index in [0.717, 1.165) is 19.4 Å². The van der Waals surface area contributed by atoms with Crippen LogP contribution in [0.4, 0.5) is 19.0 Å². The van der Waals surface area contributed by atoms with E-state index in [4.69, 9.17) is 24.4 Å². The molecule has 3 aliphatic rings. The fourth-order valence-electron chi connectivity index (χ4n) is 8.09. The Kier molecular flexibility index (Phi) is 7.12. The third-order valence-electron chi connectivity index (χ3n) is 10.1. The number of aromatic amines is 1. The van der Waals surface area contributed by atoms with Gasteiger partial charge < -0.3 is 24.0 Å². The smallest absolute Gasteiger partial charge is 0.320 e. The third kappa shape index (κ3) is 4.91. The molecule has 3 atom stereocenters. The molecule has 11 nitrogen and oxygen atoms in total. The van der Waals surface area contributed by atoms with Crippen LogP contribution in [-0.2, 0) is 11.8 Å². The van der Waals surface area contributed by atoms with Gasteiger partial charge in [-0.1, -0.05) is 0 Å². The minimum Gasteiger partial charge on any atom is -0.461 e. The van der Waals surface area contributed by atoms with Gasteiger partial charge in [0.25, 0.3) is 6.43 Å². The number of halogens is 3. The lowest BCUT2D eigenvalue weighted by molar-refractivity contribution is -0.0123. The third-order valence-corrected chi connectivity index (χ3v) is 10.1. The number of hydrogen-bond acceptors (Lipinski definition) is 9. The second-order valence-electron chi connectivity index (χ2n) is 13.6. The minimum atomic E-state index is -2.75. The van der Waals surface area contributed by atoms with Crippen LogP contribution in [0.15, 0.2) is 24.5 Å². The number of aryl methyl sites for hydroxylation is 2. The van der Waals surface area contributed by atoms with Crippen LogP contribution >= 0.6 is 0 Å². The Labute approximate surface area is 268 Å². The SMILES string of the molecule is Cc1cc2[nH]ncc2c(-c2nccc3c4c(N5CCOC[C@@](C)(O)C5)nc(OC[C@@]56CCCN5C[C@H](F)C6)nc4n(C)c23)c1C(F)F. The van der Waals surface area contributed by atoms with Crippen molar-refractivity contribution in [2.75, 3.05) is 50.9 Å². The Morgan fingerprint density at radius 3 is 2.91 bits per heavy atom. The van der Waals surface area contributed by atoms with Gasteiger partial charge in [0.15, 0.2) is 0 Å². The van der Waals surface area contributed by atoms with E-state index in [-0.39, 0.29) is 31.3 Å². The molecular formula is C33H37F3N8O3. The van der Waals surface area contributed by atoms with Gasteiger partial charge in [0.1, 0.15) is 29.8 Å². The van der Waals surface area contributed by atoms with Crippen LogP contribution in [0, 0.1) is 6.92 Å². The Balaban J connectivity index is 1.35. The summed E-state index contributed by atoms with van der Waals surface area (Å²) in [7, 11) is 1.82. The number of β-amino-alcohol motifs (C(OH)–C–C–N with tert-alkyl or cyclic N) is 1. The Bertz CT molecular complexity index is 2010. The van der Waals surface area contributed by atoms with Crippen LogP contribution in [0.1, 0.15) is 43.7 Å². The number of alkyl halides is 3. The van der Waals surface area contributed by atoms with E-state index < -0.39 is 23.7 Å². The van der Waals surface area contributed by atoms with Crippen LogP contribution in [0.25, 0.3) is 44.1 Å². The maximum atomic E-state index is 14.7. The molecule has 0 unspecified atom stereocenters. The average molecular weight is 651 g/mol. The van der Waals surface area contributed by atoms with Crippen LogP contribution in [0.5, 0.6) is 6.01 Å². The second kappa shape index (κ2) is 11.0. The summed E-state index contributed by atoms with van der Waals surface area (Å²) in [5.74, 6) is 0.529. The van der Waals surface area contributed by atoms with E-state index in [1.807, 2.05) is 22.6 Å². The van der Waals surface area contributed by atoms with Crippen molar-refractivity contribution in [3.05, 3.63) is 35.7 Å². The topological polar surface area (TPSA) is 117 Å². The highest BCUT2D eigenvalue weighted by Crippen LogP contribution is 2.45. The summed E-state index contributed by atoms with van der Waals surface area (Å²) in [6.45, 7) is 6.07. The summed E-state index contributed by atoms with van der Waals surface area (Å²) in [5.41, 5.74) is 1.18. The summed E-state index contributed by atoms with van der Waals surface area (Å²) in [4.78, 5) is 18.6. The highest BCUT2D eigenvalue weighted by Gasteiger charge is 2.49. The van der Waals surface area contributed by atoms with Crippen LogP contribution in [0.2, 0.25) is 0 Å². The lowest BCUT2D eigenvalue weighted by atomic mass is 9.94. The first-order chi connectivity index (χ1) is 22.6. The zero-order valence-electron chi connectivity index (χ0n) is 26.6. The van der Waals surface area contributed by atoms with Crippen molar-refractivity contribution in [1.82, 2.24) is 34.6 Å². The van der Waals surface area contributed by atoms with Gasteiger partial charge in [-0.3, -0.25) is 15.0 Å². The number of H-pyrrole nitrogens is 1. The molecule has 0 bridgehead atoms. The van der Waals surface area contributed by atoms with Gasteiger partial charge in [-0.2, -0.15) is 15.1 Å². The van der Waals surface area contributed by atoms with E-state index in [1.54, 1.807) is 32.3 Å². The Morgan fingerprint density at radius 2 is 2.09 bits per heavy atom. The first kappa shape index (κ1) is 30.3. The number of nitrogens with zero attached hydrogens (tertiary/aromatic N) is 7. The number of hydrogen-bond donors (Lipinski definition) is 2. The molecule has 5 aromatic rings. The van der Waals surface area contributed by atoms with Gasteiger partial charge in [-0.05, 0) is 50.9 Å². The number of benzene rings is 1. The molecule has 7 heterocycles. The van der Waals surface area contributed by atoms with Crippen LogP contribution in [-0.4, -0.2) is 103 Å². The number of rotatable bonds is 6. The number of fused-ring (bicyclic) bond motifs is 5. The molecule has 3 saturated heterocycles. The van der Waals surface area contributed by atoms with Crippen molar-refractivity contribution in [3.63, 3.8) is 0 Å². The van der Waals surface area contributed by atoms with Crippen molar-refractivity contribution >= 4 is 38.7 Å². The number of anilines is 1. The van der Waals surface area contributed by atoms with Gasteiger partial charge in [-0.15, -0.1) is 0 Å². The fraction of sp³-hybridized carbons (Fsp3) is 0.515. The van der Waals surface area contributed by atoms with Gasteiger partial charge >= 0.3 is 6.01 Å². The Morgan fingerprint density at radius 1 is 1.23 bits per heavy atom. The van der Waals surface area contributed by atoms with Crippen molar-refractivity contribution in [2.24, 2.45) is 7.05 Å². The molecule has 14 heteroatoms. The lowest BCUT2D eigenvalue weighted by Crippen LogP contribution is -2.44. The molecule has 2 N–H and O–H groups in total. The maximum absolute atomic E-state index is 14.7. The van der Waals surface area contributed by atoms with Crippen molar-refractivity contribution in [3.8, 4) is 17.3 Å². The maximum Gasteiger partial charge on any atom is 0.320 e. The second-order valence-corrected chi connectivity index (χ2v) is 13.6. The van der Waals surface area contributed by atoms with Crippen molar-refractivity contribution in [1.29, 1.82) is 0 Å². The van der Waals surface area contributed by atoms with E-state index in [1.165, 1.54) is 0 Å². The predicted octanol–water partition coefficient (Wildman–Crippen LogP) is 4.85. The molecule has 3 fully saturated rings. The van der Waals surface area contributed by atoms with Crippen LogP contribution < -0.4 is 9.64 Å². The molecule has 3 aliphatic heterocycles. The summed E-state index contributed by atoms with van der Waals surface area (Å²) in [6, 6.07) is 3.64. The minimum absolute atomic E-state index is 0.108. The van der Waals surface area contributed by atoms with Gasteiger partial charge in [0.2, 0.25) is 0 Å². The standard InChI is InChI=1S/C33H37F3N8O3/c1-18-11-22-21(13-38-41-22)24(23(18)28(35)36)26-27-20(5-7-37-26)25-29(42(27)3)39-31(40-30(25)43-9-10-46-16-32(2,45)15-43)47-17-33-6-4-8-44(33)14-19(34)12-33/h5,7,11,13,19,28,45H,4,6,8-10,12,14-17H2,1-3H3,(H,38,41)/t19-,32+,33+/m1/s1. The average Bonchev–Trinajstić information content (AvgIpc) is 3.75. The molecule has 47 heavy (non-hydrogen) atoms. The zero-order chi connectivity index (χ0) is 32.7. The zero-order valence-corrected chi connectivity index (χ0v) is 26.6. The number of nitrogens with one attached hydrogen (secondary N) is 1. The van der Waals surface area contributed by atoms with Gasteiger partial charge in [0.05, 0.1) is 53.6 Å². The molecule has 0 radical (unpaired) electrons. The normalized spacial score (nSPS) is 25.4. The molecule has 0 spiro atoms. The lowest BCUT2D eigenvalue weighted by Gasteiger charge is -2.31. The molecule has 248 valence electrons. The predicted molar refractivity (Wildman–Crippen MR) is 171 cm³/mol. The quantitative estimate of drug-likeness (QED) is 0.266. The van der Waals surface area contributed by atoms with Crippen LogP contribution in [0.3, 0.4) is 0 Å². The highest BCUT2D eigenvalue weighted by molar-refractivity contribution is 6.16.